The van der Waals surface area contributed by atoms with Gasteiger partial charge in [0.05, 0.1) is 19.2 Å². The second-order valence-corrected chi connectivity index (χ2v) is 8.71. The molecule has 0 radical (unpaired) electrons. The Morgan fingerprint density at radius 2 is 2.07 bits per heavy atom. The van der Waals surface area contributed by atoms with Crippen LogP contribution in [0.1, 0.15) is 51.6 Å². The van der Waals surface area contributed by atoms with Gasteiger partial charge in [-0.15, -0.1) is 0 Å². The number of ether oxygens (including phenoxy) is 2. The third-order valence-electron chi connectivity index (χ3n) is 5.27. The average molecular weight is 415 g/mol. The summed E-state index contributed by atoms with van der Waals surface area (Å²) < 4.78 is 12.9. The number of hydrogen-bond donors (Lipinski definition) is 1. The molecular weight excluding hydrogens is 380 g/mol. The molecule has 1 aromatic carbocycles. The summed E-state index contributed by atoms with van der Waals surface area (Å²) in [4.78, 5) is 14.7. The Hall–Kier alpha value is -2.54. The number of carbonyl (C=O) groups excluding carboxylic acids is 1. The predicted octanol–water partition coefficient (Wildman–Crippen LogP) is 4.01. The lowest BCUT2D eigenvalue weighted by atomic mass is 9.97. The Kier molecular flexibility index (Phi) is 7.37. The molecule has 7 heteroatoms. The molecule has 164 valence electrons. The molecule has 3 rings (SSSR count). The summed E-state index contributed by atoms with van der Waals surface area (Å²) in [6.45, 7) is 8.13. The molecular formula is C23H34N4O3. The van der Waals surface area contributed by atoms with E-state index < -0.39 is 5.60 Å². The highest BCUT2D eigenvalue weighted by molar-refractivity contribution is 5.69. The molecule has 2 heterocycles. The largest absolute Gasteiger partial charge is 0.497 e. The van der Waals surface area contributed by atoms with Crippen LogP contribution in [-0.2, 0) is 11.3 Å². The van der Waals surface area contributed by atoms with E-state index >= 15 is 0 Å². The van der Waals surface area contributed by atoms with Crippen molar-refractivity contribution >= 4 is 6.09 Å². The first-order valence-electron chi connectivity index (χ1n) is 10.7. The molecule has 2 atom stereocenters. The van der Waals surface area contributed by atoms with Gasteiger partial charge in [0.2, 0.25) is 0 Å². The lowest BCUT2D eigenvalue weighted by Gasteiger charge is -2.34. The van der Waals surface area contributed by atoms with Crippen molar-refractivity contribution in [2.24, 2.45) is 0 Å². The first-order valence-corrected chi connectivity index (χ1v) is 10.7. The van der Waals surface area contributed by atoms with Gasteiger partial charge < -0.3 is 19.7 Å². The van der Waals surface area contributed by atoms with Crippen LogP contribution in [0.4, 0.5) is 4.79 Å². The molecule has 0 bridgehead atoms. The van der Waals surface area contributed by atoms with Crippen molar-refractivity contribution in [1.82, 2.24) is 20.0 Å². The highest BCUT2D eigenvalue weighted by Crippen LogP contribution is 2.31. The van der Waals surface area contributed by atoms with Gasteiger partial charge >= 0.3 is 6.09 Å². The zero-order chi connectivity index (χ0) is 21.6. The smallest absolute Gasteiger partial charge is 0.410 e. The van der Waals surface area contributed by atoms with Crippen LogP contribution in [-0.4, -0.2) is 52.6 Å². The molecule has 7 nitrogen and oxygen atoms in total. The van der Waals surface area contributed by atoms with Crippen LogP contribution < -0.4 is 10.1 Å². The lowest BCUT2D eigenvalue weighted by Crippen LogP contribution is -2.46. The van der Waals surface area contributed by atoms with E-state index in [2.05, 4.69) is 22.5 Å². The van der Waals surface area contributed by atoms with Gasteiger partial charge in [0.15, 0.2) is 0 Å². The van der Waals surface area contributed by atoms with Crippen molar-refractivity contribution in [2.75, 3.05) is 20.2 Å². The first kappa shape index (κ1) is 22.2. The molecule has 1 amide bonds. The minimum atomic E-state index is -0.503. The van der Waals surface area contributed by atoms with Crippen molar-refractivity contribution in [3.8, 4) is 5.75 Å². The maximum atomic E-state index is 12.8. The fourth-order valence-corrected chi connectivity index (χ4v) is 3.90. The Morgan fingerprint density at radius 3 is 2.70 bits per heavy atom. The van der Waals surface area contributed by atoms with Gasteiger partial charge in [-0.1, -0.05) is 12.1 Å². The van der Waals surface area contributed by atoms with Crippen molar-refractivity contribution in [2.45, 2.75) is 64.3 Å². The monoisotopic (exact) mass is 414 g/mol. The van der Waals surface area contributed by atoms with Crippen molar-refractivity contribution in [1.29, 1.82) is 0 Å². The van der Waals surface area contributed by atoms with Crippen LogP contribution >= 0.6 is 0 Å². The molecule has 2 unspecified atom stereocenters. The summed E-state index contributed by atoms with van der Waals surface area (Å²) in [5.74, 6) is 0.826. The second kappa shape index (κ2) is 9.98. The third kappa shape index (κ3) is 5.98. The van der Waals surface area contributed by atoms with Gasteiger partial charge in [-0.25, -0.2) is 4.79 Å². The highest BCUT2D eigenvalue weighted by atomic mass is 16.6. The number of nitrogens with one attached hydrogen (secondary N) is 1. The van der Waals surface area contributed by atoms with E-state index in [0.717, 1.165) is 50.2 Å². The topological polar surface area (TPSA) is 68.6 Å². The second-order valence-electron chi connectivity index (χ2n) is 8.71. The van der Waals surface area contributed by atoms with E-state index in [0.29, 0.717) is 0 Å². The zero-order valence-corrected chi connectivity index (χ0v) is 18.5. The molecule has 1 N–H and O–H groups in total. The van der Waals surface area contributed by atoms with Crippen LogP contribution in [0.15, 0.2) is 42.7 Å². The van der Waals surface area contributed by atoms with Gasteiger partial charge in [0, 0.05) is 25.5 Å². The summed E-state index contributed by atoms with van der Waals surface area (Å²) in [6, 6.07) is 10.1. The van der Waals surface area contributed by atoms with Crippen LogP contribution in [0.25, 0.3) is 0 Å². The van der Waals surface area contributed by atoms with E-state index in [1.165, 1.54) is 0 Å². The van der Waals surface area contributed by atoms with Crippen LogP contribution in [0.3, 0.4) is 0 Å². The number of benzene rings is 1. The van der Waals surface area contributed by atoms with Crippen molar-refractivity contribution < 1.29 is 14.3 Å². The van der Waals surface area contributed by atoms with Gasteiger partial charge in [-0.05, 0) is 70.3 Å². The number of aryl methyl sites for hydroxylation is 1. The molecule has 1 aliphatic rings. The van der Waals surface area contributed by atoms with Crippen LogP contribution in [0.2, 0.25) is 0 Å². The SMILES string of the molecule is COc1ccc(C(NCCCn2cccn2)C2CCCN2C(=O)OC(C)(C)C)cc1. The number of likely N-dealkylation sites (tertiary alicyclic amines) is 1. The molecule has 1 saturated heterocycles. The molecule has 0 spiro atoms. The molecule has 1 aromatic heterocycles. The number of methoxy groups -OCH3 is 1. The standard InChI is InChI=1S/C23H34N4O3/c1-23(2,3)30-22(28)27-17-5-8-20(27)21(18-9-11-19(29-4)12-10-18)24-13-6-15-26-16-7-14-25-26/h7,9-12,14,16,20-21,24H,5-6,8,13,15,17H2,1-4H3. The minimum Gasteiger partial charge on any atom is -0.497 e. The average Bonchev–Trinajstić information content (AvgIpc) is 3.39. The van der Waals surface area contributed by atoms with Gasteiger partial charge in [0.1, 0.15) is 11.4 Å². The third-order valence-corrected chi connectivity index (χ3v) is 5.27. The van der Waals surface area contributed by atoms with E-state index in [9.17, 15) is 4.79 Å². The van der Waals surface area contributed by atoms with E-state index in [1.54, 1.807) is 13.3 Å². The molecule has 1 fully saturated rings. The fourth-order valence-electron chi connectivity index (χ4n) is 3.90. The molecule has 30 heavy (non-hydrogen) atoms. The number of rotatable bonds is 8. The lowest BCUT2D eigenvalue weighted by molar-refractivity contribution is 0.0194. The number of carbonyl (C=O) groups is 1. The highest BCUT2D eigenvalue weighted by Gasteiger charge is 2.37. The first-order chi connectivity index (χ1) is 14.4. The van der Waals surface area contributed by atoms with E-state index in [1.807, 2.05) is 54.7 Å². The number of amides is 1. The minimum absolute atomic E-state index is 0.0311. The maximum absolute atomic E-state index is 12.8. The predicted molar refractivity (Wildman–Crippen MR) is 117 cm³/mol. The molecule has 0 aliphatic carbocycles. The quantitative estimate of drug-likeness (QED) is 0.661. The number of hydrogen-bond acceptors (Lipinski definition) is 5. The Bertz CT molecular complexity index is 784. The van der Waals surface area contributed by atoms with Crippen molar-refractivity contribution in [3.05, 3.63) is 48.3 Å². The van der Waals surface area contributed by atoms with Gasteiger partial charge in [-0.2, -0.15) is 5.10 Å². The summed E-state index contributed by atoms with van der Waals surface area (Å²) in [6.07, 6.45) is 6.41. The Balaban J connectivity index is 1.72. The van der Waals surface area contributed by atoms with Gasteiger partial charge in [0.25, 0.3) is 0 Å². The maximum Gasteiger partial charge on any atom is 0.410 e. The van der Waals surface area contributed by atoms with E-state index in [4.69, 9.17) is 9.47 Å². The molecule has 1 aliphatic heterocycles. The summed E-state index contributed by atoms with van der Waals surface area (Å²) >= 11 is 0. The van der Waals surface area contributed by atoms with E-state index in [-0.39, 0.29) is 18.2 Å². The van der Waals surface area contributed by atoms with Crippen LogP contribution in [0, 0.1) is 0 Å². The number of nitrogens with zero attached hydrogens (tertiary/aromatic N) is 3. The normalized spacial score (nSPS) is 17.7. The summed E-state index contributed by atoms with van der Waals surface area (Å²) in [5.41, 5.74) is 0.646. The Morgan fingerprint density at radius 1 is 1.30 bits per heavy atom. The zero-order valence-electron chi connectivity index (χ0n) is 18.5. The Labute approximate surface area is 179 Å². The van der Waals surface area contributed by atoms with Gasteiger partial charge in [-0.3, -0.25) is 4.68 Å². The summed E-state index contributed by atoms with van der Waals surface area (Å²) in [5, 5.41) is 7.96. The van der Waals surface area contributed by atoms with Crippen molar-refractivity contribution in [3.63, 3.8) is 0 Å². The number of aromatic nitrogens is 2. The summed E-state index contributed by atoms with van der Waals surface area (Å²) in [7, 11) is 1.67. The molecule has 0 saturated carbocycles. The fraction of sp³-hybridized carbons (Fsp3) is 0.565. The van der Waals surface area contributed by atoms with Crippen LogP contribution in [0.5, 0.6) is 5.75 Å². The molecule has 2 aromatic rings.